The number of aromatic nitrogens is 4. The molecule has 4 aromatic rings. The minimum atomic E-state index is -0.966. The molecule has 2 aromatic heterocycles. The van der Waals surface area contributed by atoms with Gasteiger partial charge in [-0.15, -0.1) is 10.2 Å². The molecule has 0 spiro atoms. The second-order valence-electron chi connectivity index (χ2n) is 11.5. The highest BCUT2D eigenvalue weighted by atomic mass is 19.2. The van der Waals surface area contributed by atoms with Crippen LogP contribution in [0.4, 0.5) is 25.1 Å². The molecule has 0 unspecified atom stereocenters. The summed E-state index contributed by atoms with van der Waals surface area (Å²) in [5, 5.41) is 11.2. The number of nitrogens with one attached hydrogen (secondary N) is 1. The first-order valence-corrected chi connectivity index (χ1v) is 14.3. The van der Waals surface area contributed by atoms with Crippen LogP contribution in [0.3, 0.4) is 0 Å². The lowest BCUT2D eigenvalue weighted by Gasteiger charge is -2.26. The van der Waals surface area contributed by atoms with Crippen LogP contribution >= 0.6 is 0 Å². The van der Waals surface area contributed by atoms with Crippen LogP contribution in [0.1, 0.15) is 78.3 Å². The number of carbonyl (C=O) groups is 1. The normalized spacial score (nSPS) is 13.4. The molecule has 0 saturated carbocycles. The van der Waals surface area contributed by atoms with E-state index in [1.165, 1.54) is 6.07 Å². The molecular weight excluding hydrogens is 538 g/mol. The van der Waals surface area contributed by atoms with E-state index in [0.717, 1.165) is 42.1 Å². The van der Waals surface area contributed by atoms with E-state index in [1.807, 2.05) is 36.9 Å². The van der Waals surface area contributed by atoms with Crippen LogP contribution in [0.15, 0.2) is 30.3 Å². The van der Waals surface area contributed by atoms with Crippen molar-refractivity contribution in [2.24, 2.45) is 0 Å². The third-order valence-electron chi connectivity index (χ3n) is 6.63. The van der Waals surface area contributed by atoms with Crippen LogP contribution in [-0.2, 0) is 11.2 Å². The van der Waals surface area contributed by atoms with E-state index in [0.29, 0.717) is 23.7 Å². The number of alkyl carbamates (subject to hydrolysis) is 1. The highest BCUT2D eigenvalue weighted by Crippen LogP contribution is 2.38. The first-order chi connectivity index (χ1) is 19.8. The number of hydrogen-bond acceptors (Lipinski definition) is 6. The quantitative estimate of drug-likeness (QED) is 0.258. The standard InChI is InChI=1S/C30H32F2N6O2.C2H6/c1-18-35-36-27-33-26(24-23(38(18)27)14-13-21(31)25(24)32)37-17-8-7-11-20-19(10-9-12-22(20)37)15-16-30(5,6)34-28(39)40-29(2,3)4;1-2/h9-10,12-14H,7-8,11,17H2,1-6H3,(H,34,39);1-2H3. The van der Waals surface area contributed by atoms with Crippen molar-refractivity contribution >= 4 is 34.3 Å². The molecule has 0 radical (unpaired) electrons. The summed E-state index contributed by atoms with van der Waals surface area (Å²) in [6, 6.07) is 8.39. The summed E-state index contributed by atoms with van der Waals surface area (Å²) in [6.45, 7) is 15.3. The Morgan fingerprint density at radius 2 is 1.79 bits per heavy atom. The van der Waals surface area contributed by atoms with Crippen LogP contribution in [-0.4, -0.2) is 43.4 Å². The smallest absolute Gasteiger partial charge is 0.408 e. The maximum atomic E-state index is 15.4. The topological polar surface area (TPSA) is 84.7 Å². The second kappa shape index (κ2) is 11.9. The van der Waals surface area contributed by atoms with Gasteiger partial charge in [-0.1, -0.05) is 31.8 Å². The number of halogens is 2. The molecule has 0 bridgehead atoms. The van der Waals surface area contributed by atoms with Gasteiger partial charge in [-0.25, -0.2) is 13.6 Å². The van der Waals surface area contributed by atoms with Gasteiger partial charge < -0.3 is 15.0 Å². The molecule has 3 heterocycles. The lowest BCUT2D eigenvalue weighted by atomic mass is 9.99. The predicted molar refractivity (Wildman–Crippen MR) is 161 cm³/mol. The number of ether oxygens (including phenoxy) is 1. The molecule has 1 N–H and O–H groups in total. The average molecular weight is 577 g/mol. The fraction of sp³-hybridized carbons (Fsp3) is 0.438. The monoisotopic (exact) mass is 576 g/mol. The van der Waals surface area contributed by atoms with Gasteiger partial charge in [0, 0.05) is 17.8 Å². The van der Waals surface area contributed by atoms with Crippen molar-refractivity contribution in [1.82, 2.24) is 24.9 Å². The van der Waals surface area contributed by atoms with Crippen LogP contribution in [0, 0.1) is 30.4 Å². The largest absolute Gasteiger partial charge is 0.444 e. The molecule has 8 nitrogen and oxygen atoms in total. The zero-order chi connectivity index (χ0) is 30.8. The van der Waals surface area contributed by atoms with Gasteiger partial charge >= 0.3 is 6.09 Å². The zero-order valence-electron chi connectivity index (χ0n) is 25.5. The molecule has 1 amide bonds. The Balaban J connectivity index is 0.00000198. The van der Waals surface area contributed by atoms with E-state index in [4.69, 9.17) is 4.74 Å². The lowest BCUT2D eigenvalue weighted by Crippen LogP contribution is -2.44. The summed E-state index contributed by atoms with van der Waals surface area (Å²) >= 11 is 0. The molecule has 2 aromatic carbocycles. The number of amides is 1. The van der Waals surface area contributed by atoms with Gasteiger partial charge in [-0.05, 0) is 90.6 Å². The van der Waals surface area contributed by atoms with E-state index in [1.54, 1.807) is 45.9 Å². The van der Waals surface area contributed by atoms with Crippen LogP contribution < -0.4 is 10.2 Å². The van der Waals surface area contributed by atoms with E-state index >= 15 is 4.39 Å². The molecule has 1 aliphatic heterocycles. The van der Waals surface area contributed by atoms with E-state index in [9.17, 15) is 9.18 Å². The zero-order valence-corrected chi connectivity index (χ0v) is 25.5. The summed E-state index contributed by atoms with van der Waals surface area (Å²) in [6.07, 6.45) is 1.89. The van der Waals surface area contributed by atoms with Crippen molar-refractivity contribution in [1.29, 1.82) is 0 Å². The summed E-state index contributed by atoms with van der Waals surface area (Å²) < 4.78 is 37.0. The Hall–Kier alpha value is -4.26. The maximum absolute atomic E-state index is 15.4. The van der Waals surface area contributed by atoms with Gasteiger partial charge in [0.15, 0.2) is 11.6 Å². The van der Waals surface area contributed by atoms with E-state index < -0.39 is 28.9 Å². The molecular formula is C32H38F2N6O2. The molecule has 0 atom stereocenters. The number of rotatable bonds is 2. The van der Waals surface area contributed by atoms with Crippen LogP contribution in [0.2, 0.25) is 0 Å². The maximum Gasteiger partial charge on any atom is 0.408 e. The minimum absolute atomic E-state index is 0.0717. The molecule has 0 aliphatic carbocycles. The summed E-state index contributed by atoms with van der Waals surface area (Å²) in [4.78, 5) is 18.9. The van der Waals surface area contributed by atoms with Gasteiger partial charge in [-0.2, -0.15) is 4.98 Å². The fourth-order valence-corrected chi connectivity index (χ4v) is 4.92. The first kappa shape index (κ1) is 30.7. The van der Waals surface area contributed by atoms with Crippen molar-refractivity contribution in [2.45, 2.75) is 85.8 Å². The molecule has 5 rings (SSSR count). The molecule has 10 heteroatoms. The van der Waals surface area contributed by atoms with Gasteiger partial charge in [0.2, 0.25) is 0 Å². The Labute approximate surface area is 245 Å². The highest BCUT2D eigenvalue weighted by molar-refractivity contribution is 5.94. The number of fused-ring (bicyclic) bond motifs is 4. The molecule has 0 saturated heterocycles. The predicted octanol–water partition coefficient (Wildman–Crippen LogP) is 7.02. The highest BCUT2D eigenvalue weighted by Gasteiger charge is 2.27. The van der Waals surface area contributed by atoms with Gasteiger partial charge in [0.1, 0.15) is 17.2 Å². The van der Waals surface area contributed by atoms with Gasteiger partial charge in [-0.3, -0.25) is 4.40 Å². The molecule has 42 heavy (non-hydrogen) atoms. The first-order valence-electron chi connectivity index (χ1n) is 14.3. The summed E-state index contributed by atoms with van der Waals surface area (Å²) in [5.74, 6) is 5.61. The van der Waals surface area contributed by atoms with Crippen LogP contribution in [0.5, 0.6) is 0 Å². The van der Waals surface area contributed by atoms with Crippen molar-refractivity contribution < 1.29 is 18.3 Å². The number of benzene rings is 2. The molecule has 222 valence electrons. The molecule has 1 aliphatic rings. The van der Waals surface area contributed by atoms with Crippen molar-refractivity contribution in [3.63, 3.8) is 0 Å². The third kappa shape index (κ3) is 6.30. The second-order valence-corrected chi connectivity index (χ2v) is 11.5. The number of nitrogens with zero attached hydrogens (tertiary/aromatic N) is 5. The van der Waals surface area contributed by atoms with Crippen LogP contribution in [0.25, 0.3) is 16.7 Å². The minimum Gasteiger partial charge on any atom is -0.444 e. The number of aryl methyl sites for hydroxylation is 1. The van der Waals surface area contributed by atoms with Crippen molar-refractivity contribution in [3.8, 4) is 11.8 Å². The Bertz CT molecular complexity index is 1690. The summed E-state index contributed by atoms with van der Waals surface area (Å²) in [7, 11) is 0. The number of hydrogen-bond donors (Lipinski definition) is 1. The van der Waals surface area contributed by atoms with E-state index in [2.05, 4.69) is 32.3 Å². The van der Waals surface area contributed by atoms with E-state index in [-0.39, 0.29) is 11.2 Å². The fourth-order valence-electron chi connectivity index (χ4n) is 4.92. The molecule has 0 fully saturated rings. The Kier molecular flexibility index (Phi) is 8.71. The number of anilines is 2. The Morgan fingerprint density at radius 3 is 2.50 bits per heavy atom. The van der Waals surface area contributed by atoms with Crippen molar-refractivity contribution in [2.75, 3.05) is 11.4 Å². The number of carbonyl (C=O) groups excluding carboxylic acids is 1. The summed E-state index contributed by atoms with van der Waals surface area (Å²) in [5.41, 5.74) is 1.55. The van der Waals surface area contributed by atoms with Gasteiger partial charge in [0.25, 0.3) is 5.78 Å². The van der Waals surface area contributed by atoms with Gasteiger partial charge in [0.05, 0.1) is 16.4 Å². The third-order valence-corrected chi connectivity index (χ3v) is 6.63. The average Bonchev–Trinajstić information content (AvgIpc) is 3.15. The lowest BCUT2D eigenvalue weighted by molar-refractivity contribution is 0.0494. The van der Waals surface area contributed by atoms with Crippen molar-refractivity contribution in [3.05, 3.63) is 58.9 Å². The SMILES string of the molecule is CC.Cc1nnc2nc(N3CCCCc4c(C#CC(C)(C)NC(=O)OC(C)(C)C)cccc43)c3c(F)c(F)ccc3n12. The Morgan fingerprint density at radius 1 is 1.05 bits per heavy atom.